The molecular formula is C11H20O2. The molecule has 3 atom stereocenters. The molecule has 0 spiro atoms. The van der Waals surface area contributed by atoms with E-state index in [1.165, 1.54) is 25.7 Å². The van der Waals surface area contributed by atoms with Gasteiger partial charge in [0.05, 0.1) is 0 Å². The van der Waals surface area contributed by atoms with Gasteiger partial charge in [-0.1, -0.05) is 12.8 Å². The van der Waals surface area contributed by atoms with Gasteiger partial charge in [0.25, 0.3) is 0 Å². The number of rotatable bonds is 2. The number of fused-ring (bicyclic) bond motifs is 1. The lowest BCUT2D eigenvalue weighted by molar-refractivity contribution is -0.0894. The first-order chi connectivity index (χ1) is 6.33. The van der Waals surface area contributed by atoms with E-state index in [1.54, 1.807) is 0 Å². The number of aliphatic hydroxyl groups excluding tert-OH is 2. The summed E-state index contributed by atoms with van der Waals surface area (Å²) < 4.78 is 0. The van der Waals surface area contributed by atoms with E-state index in [-0.39, 0.29) is 12.0 Å². The van der Waals surface area contributed by atoms with Crippen molar-refractivity contribution >= 4 is 0 Å². The Balaban J connectivity index is 2.14. The number of aliphatic hydroxyl groups is 2. The highest BCUT2D eigenvalue weighted by atomic mass is 16.3. The van der Waals surface area contributed by atoms with Gasteiger partial charge in [0.2, 0.25) is 0 Å². The summed E-state index contributed by atoms with van der Waals surface area (Å²) in [6, 6.07) is 0. The molecule has 0 aromatic rings. The fourth-order valence-corrected chi connectivity index (χ4v) is 3.37. The van der Waals surface area contributed by atoms with Crippen LogP contribution in [0.4, 0.5) is 0 Å². The van der Waals surface area contributed by atoms with Crippen molar-refractivity contribution < 1.29 is 10.2 Å². The molecule has 0 aromatic heterocycles. The van der Waals surface area contributed by atoms with Crippen molar-refractivity contribution in [3.63, 3.8) is 0 Å². The lowest BCUT2D eigenvalue weighted by Gasteiger charge is -2.52. The molecule has 0 radical (unpaired) electrons. The first-order valence-corrected chi connectivity index (χ1v) is 5.55. The third kappa shape index (κ3) is 1.31. The van der Waals surface area contributed by atoms with Gasteiger partial charge in [-0.15, -0.1) is 0 Å². The molecule has 0 bridgehead atoms. The SMILES string of the molecule is OCC1CCCCC2CCC12CO. The molecule has 2 fully saturated rings. The second-order valence-corrected chi connectivity index (χ2v) is 4.79. The first kappa shape index (κ1) is 9.47. The van der Waals surface area contributed by atoms with E-state index in [4.69, 9.17) is 0 Å². The van der Waals surface area contributed by atoms with Crippen molar-refractivity contribution in [1.82, 2.24) is 0 Å². The van der Waals surface area contributed by atoms with Crippen molar-refractivity contribution in [3.8, 4) is 0 Å². The maximum atomic E-state index is 9.49. The van der Waals surface area contributed by atoms with E-state index in [0.717, 1.165) is 12.8 Å². The first-order valence-electron chi connectivity index (χ1n) is 5.55. The molecule has 3 unspecified atom stereocenters. The van der Waals surface area contributed by atoms with Crippen LogP contribution >= 0.6 is 0 Å². The Morgan fingerprint density at radius 2 is 1.85 bits per heavy atom. The van der Waals surface area contributed by atoms with Crippen LogP contribution in [0.3, 0.4) is 0 Å². The van der Waals surface area contributed by atoms with Gasteiger partial charge in [-0.05, 0) is 37.5 Å². The summed E-state index contributed by atoms with van der Waals surface area (Å²) in [5, 5.41) is 18.8. The van der Waals surface area contributed by atoms with E-state index in [2.05, 4.69) is 0 Å². The van der Waals surface area contributed by atoms with Crippen LogP contribution in [-0.4, -0.2) is 23.4 Å². The minimum absolute atomic E-state index is 0.116. The zero-order valence-corrected chi connectivity index (χ0v) is 8.21. The summed E-state index contributed by atoms with van der Waals surface area (Å²) in [5.74, 6) is 1.08. The molecule has 2 aliphatic carbocycles. The summed E-state index contributed by atoms with van der Waals surface area (Å²) in [5.41, 5.74) is 0.116. The van der Waals surface area contributed by atoms with E-state index in [0.29, 0.717) is 18.4 Å². The molecule has 2 nitrogen and oxygen atoms in total. The third-order valence-corrected chi connectivity index (χ3v) is 4.45. The number of hydrogen-bond donors (Lipinski definition) is 2. The van der Waals surface area contributed by atoms with Gasteiger partial charge in [-0.2, -0.15) is 0 Å². The van der Waals surface area contributed by atoms with Crippen LogP contribution in [0.1, 0.15) is 38.5 Å². The van der Waals surface area contributed by atoms with Gasteiger partial charge in [-0.25, -0.2) is 0 Å². The molecule has 13 heavy (non-hydrogen) atoms. The predicted molar refractivity (Wildman–Crippen MR) is 51.3 cm³/mol. The van der Waals surface area contributed by atoms with E-state index < -0.39 is 0 Å². The quantitative estimate of drug-likeness (QED) is 0.683. The fraction of sp³-hybridized carbons (Fsp3) is 1.00. The molecule has 0 heterocycles. The van der Waals surface area contributed by atoms with Gasteiger partial charge >= 0.3 is 0 Å². The van der Waals surface area contributed by atoms with Gasteiger partial charge in [-0.3, -0.25) is 0 Å². The van der Waals surface area contributed by atoms with Gasteiger partial charge in [0.15, 0.2) is 0 Å². The normalized spacial score (nSPS) is 44.8. The Morgan fingerprint density at radius 1 is 1.08 bits per heavy atom. The summed E-state index contributed by atoms with van der Waals surface area (Å²) in [7, 11) is 0. The smallest absolute Gasteiger partial charge is 0.0493 e. The summed E-state index contributed by atoms with van der Waals surface area (Å²) >= 11 is 0. The Labute approximate surface area is 80.0 Å². The molecular weight excluding hydrogens is 164 g/mol. The maximum absolute atomic E-state index is 9.49. The van der Waals surface area contributed by atoms with Crippen molar-refractivity contribution in [2.24, 2.45) is 17.3 Å². The molecule has 2 rings (SSSR count). The Morgan fingerprint density at radius 3 is 2.38 bits per heavy atom. The molecule has 2 heteroatoms. The zero-order chi connectivity index (χ0) is 9.31. The van der Waals surface area contributed by atoms with Crippen LogP contribution in [-0.2, 0) is 0 Å². The predicted octanol–water partition coefficient (Wildman–Crippen LogP) is 1.56. The van der Waals surface area contributed by atoms with Crippen molar-refractivity contribution in [2.45, 2.75) is 38.5 Å². The minimum atomic E-state index is 0.116. The van der Waals surface area contributed by atoms with Crippen LogP contribution in [0.25, 0.3) is 0 Å². The second-order valence-electron chi connectivity index (χ2n) is 4.79. The lowest BCUT2D eigenvalue weighted by atomic mass is 9.54. The Hall–Kier alpha value is -0.0800. The fourth-order valence-electron chi connectivity index (χ4n) is 3.37. The monoisotopic (exact) mass is 184 g/mol. The van der Waals surface area contributed by atoms with Gasteiger partial charge in [0.1, 0.15) is 0 Å². The van der Waals surface area contributed by atoms with Gasteiger partial charge < -0.3 is 10.2 Å². The minimum Gasteiger partial charge on any atom is -0.396 e. The highest BCUT2D eigenvalue weighted by Gasteiger charge is 2.51. The highest BCUT2D eigenvalue weighted by Crippen LogP contribution is 2.56. The maximum Gasteiger partial charge on any atom is 0.0493 e. The average Bonchev–Trinajstić information content (AvgIpc) is 2.24. The van der Waals surface area contributed by atoms with Crippen LogP contribution in [0.2, 0.25) is 0 Å². The van der Waals surface area contributed by atoms with E-state index in [9.17, 15) is 10.2 Å². The van der Waals surface area contributed by atoms with Gasteiger partial charge in [0, 0.05) is 18.6 Å². The zero-order valence-electron chi connectivity index (χ0n) is 8.21. The highest BCUT2D eigenvalue weighted by molar-refractivity contribution is 5.00. The van der Waals surface area contributed by atoms with Crippen molar-refractivity contribution in [1.29, 1.82) is 0 Å². The van der Waals surface area contributed by atoms with Crippen LogP contribution in [0, 0.1) is 17.3 Å². The standard InChI is InChI=1S/C11H20O2/c12-7-10-4-2-1-3-9-5-6-11(9,10)8-13/h9-10,12-13H,1-8H2. The molecule has 76 valence electrons. The topological polar surface area (TPSA) is 40.5 Å². The third-order valence-electron chi connectivity index (χ3n) is 4.45. The lowest BCUT2D eigenvalue weighted by Crippen LogP contribution is -2.49. The van der Waals surface area contributed by atoms with Crippen LogP contribution < -0.4 is 0 Å². The molecule has 0 aliphatic heterocycles. The number of hydrogen-bond acceptors (Lipinski definition) is 2. The van der Waals surface area contributed by atoms with Crippen LogP contribution in [0.15, 0.2) is 0 Å². The molecule has 0 aromatic carbocycles. The molecule has 0 amide bonds. The van der Waals surface area contributed by atoms with Crippen molar-refractivity contribution in [2.75, 3.05) is 13.2 Å². The van der Waals surface area contributed by atoms with Crippen molar-refractivity contribution in [3.05, 3.63) is 0 Å². The largest absolute Gasteiger partial charge is 0.396 e. The summed E-state index contributed by atoms with van der Waals surface area (Å²) in [4.78, 5) is 0. The van der Waals surface area contributed by atoms with Crippen LogP contribution in [0.5, 0.6) is 0 Å². The molecule has 0 saturated heterocycles. The Bertz CT molecular complexity index is 177. The molecule has 2 saturated carbocycles. The average molecular weight is 184 g/mol. The second kappa shape index (κ2) is 3.58. The summed E-state index contributed by atoms with van der Waals surface area (Å²) in [6.45, 7) is 0.569. The molecule has 2 N–H and O–H groups in total. The Kier molecular flexibility index (Phi) is 2.61. The summed E-state index contributed by atoms with van der Waals surface area (Å²) in [6.07, 6.45) is 7.34. The van der Waals surface area contributed by atoms with E-state index >= 15 is 0 Å². The van der Waals surface area contributed by atoms with E-state index in [1.807, 2.05) is 0 Å². The molecule has 2 aliphatic rings.